The topological polar surface area (TPSA) is 54.5 Å². The van der Waals surface area contributed by atoms with Crippen molar-refractivity contribution in [3.8, 4) is 0 Å². The molecule has 4 nitrogen and oxygen atoms in total. The molecule has 0 radical (unpaired) electrons. The van der Waals surface area contributed by atoms with E-state index in [2.05, 4.69) is 6.58 Å². The van der Waals surface area contributed by atoms with Gasteiger partial charge in [-0.15, -0.1) is 6.58 Å². The zero-order chi connectivity index (χ0) is 16.0. The molecule has 1 aromatic carbocycles. The minimum absolute atomic E-state index is 0.0208. The van der Waals surface area contributed by atoms with E-state index in [9.17, 15) is 13.2 Å². The van der Waals surface area contributed by atoms with Gasteiger partial charge in [-0.05, 0) is 32.9 Å². The zero-order valence-corrected chi connectivity index (χ0v) is 13.4. The fourth-order valence-electron chi connectivity index (χ4n) is 1.97. The van der Waals surface area contributed by atoms with E-state index >= 15 is 0 Å². The summed E-state index contributed by atoms with van der Waals surface area (Å²) in [5.41, 5.74) is 0.958. The van der Waals surface area contributed by atoms with Gasteiger partial charge in [-0.1, -0.05) is 35.9 Å². The highest BCUT2D eigenvalue weighted by Gasteiger charge is 2.31. The third-order valence-electron chi connectivity index (χ3n) is 2.98. The van der Waals surface area contributed by atoms with Crippen molar-refractivity contribution in [1.82, 2.24) is 4.31 Å². The molecule has 0 aliphatic rings. The number of benzene rings is 1. The molecule has 1 rings (SSSR count). The second kappa shape index (κ2) is 7.22. The highest BCUT2D eigenvalue weighted by atomic mass is 32.2. The van der Waals surface area contributed by atoms with E-state index in [1.54, 1.807) is 38.1 Å². The fourth-order valence-corrected chi connectivity index (χ4v) is 3.53. The normalized spacial score (nSPS) is 13.1. The van der Waals surface area contributed by atoms with Crippen molar-refractivity contribution in [2.24, 2.45) is 0 Å². The van der Waals surface area contributed by atoms with Crippen LogP contribution in [0.1, 0.15) is 25.8 Å². The van der Waals surface area contributed by atoms with Crippen molar-refractivity contribution in [3.63, 3.8) is 0 Å². The largest absolute Gasteiger partial charge is 0.273 e. The standard InChI is InChI=1S/C16H21NO3S/c1-5-7-14(4)17(16(18)8-6-2)21(19,20)15-11-9-13(3)10-12-15/h5-7,9-12,14H,2,8H2,1,3-4H3/b7-5-. The van der Waals surface area contributed by atoms with Gasteiger partial charge in [0.25, 0.3) is 10.0 Å². The van der Waals surface area contributed by atoms with Gasteiger partial charge in [0, 0.05) is 6.42 Å². The van der Waals surface area contributed by atoms with Gasteiger partial charge >= 0.3 is 0 Å². The summed E-state index contributed by atoms with van der Waals surface area (Å²) in [5.74, 6) is -0.490. The van der Waals surface area contributed by atoms with Gasteiger partial charge in [0.1, 0.15) is 0 Å². The molecule has 0 aliphatic carbocycles. The Morgan fingerprint density at radius 3 is 2.38 bits per heavy atom. The summed E-state index contributed by atoms with van der Waals surface area (Å²) < 4.78 is 26.3. The van der Waals surface area contributed by atoms with Gasteiger partial charge in [-0.25, -0.2) is 12.7 Å². The molecule has 1 unspecified atom stereocenters. The Morgan fingerprint density at radius 2 is 1.90 bits per heavy atom. The lowest BCUT2D eigenvalue weighted by Crippen LogP contribution is -2.42. The van der Waals surface area contributed by atoms with E-state index in [4.69, 9.17) is 0 Å². The first-order chi connectivity index (χ1) is 9.84. The molecule has 0 saturated heterocycles. The minimum atomic E-state index is -3.88. The Bertz CT molecular complexity index is 630. The van der Waals surface area contributed by atoms with Crippen LogP contribution >= 0.6 is 0 Å². The number of allylic oxidation sites excluding steroid dienone is 1. The smallest absolute Gasteiger partial charge is 0.267 e. The monoisotopic (exact) mass is 307 g/mol. The summed E-state index contributed by atoms with van der Waals surface area (Å²) in [6, 6.07) is 5.91. The van der Waals surface area contributed by atoms with Crippen molar-refractivity contribution >= 4 is 15.9 Å². The highest BCUT2D eigenvalue weighted by Crippen LogP contribution is 2.20. The second-order valence-electron chi connectivity index (χ2n) is 4.77. The zero-order valence-electron chi connectivity index (χ0n) is 12.6. The lowest BCUT2D eigenvalue weighted by molar-refractivity contribution is -0.126. The van der Waals surface area contributed by atoms with Crippen LogP contribution < -0.4 is 0 Å². The van der Waals surface area contributed by atoms with Gasteiger partial charge in [-0.3, -0.25) is 4.79 Å². The Hall–Kier alpha value is -1.88. The predicted octanol–water partition coefficient (Wildman–Crippen LogP) is 3.05. The summed E-state index contributed by atoms with van der Waals surface area (Å²) >= 11 is 0. The van der Waals surface area contributed by atoms with E-state index in [1.807, 2.05) is 6.92 Å². The van der Waals surface area contributed by atoms with Crippen LogP contribution in [0, 0.1) is 6.92 Å². The number of carbonyl (C=O) groups is 1. The van der Waals surface area contributed by atoms with Crippen molar-refractivity contribution in [3.05, 3.63) is 54.6 Å². The van der Waals surface area contributed by atoms with E-state index in [0.29, 0.717) is 0 Å². The number of nitrogens with zero attached hydrogens (tertiary/aromatic N) is 1. The van der Waals surface area contributed by atoms with Crippen molar-refractivity contribution in [2.45, 2.75) is 38.1 Å². The molecule has 0 heterocycles. The van der Waals surface area contributed by atoms with Gasteiger partial charge < -0.3 is 0 Å². The lowest BCUT2D eigenvalue weighted by Gasteiger charge is -2.26. The summed E-state index contributed by atoms with van der Waals surface area (Å²) in [6.45, 7) is 8.83. The molecule has 0 saturated carbocycles. The Labute approximate surface area is 126 Å². The highest BCUT2D eigenvalue weighted by molar-refractivity contribution is 7.89. The lowest BCUT2D eigenvalue weighted by atomic mass is 10.2. The van der Waals surface area contributed by atoms with Crippen LogP contribution in [-0.2, 0) is 14.8 Å². The molecule has 5 heteroatoms. The molecular formula is C16H21NO3S. The molecule has 1 amide bonds. The minimum Gasteiger partial charge on any atom is -0.273 e. The van der Waals surface area contributed by atoms with E-state index in [1.165, 1.54) is 18.2 Å². The van der Waals surface area contributed by atoms with Crippen molar-refractivity contribution in [2.75, 3.05) is 0 Å². The van der Waals surface area contributed by atoms with Crippen LogP contribution in [0.15, 0.2) is 54.0 Å². The molecule has 21 heavy (non-hydrogen) atoms. The molecule has 114 valence electrons. The molecule has 0 spiro atoms. The van der Waals surface area contributed by atoms with Crippen LogP contribution in [0.5, 0.6) is 0 Å². The molecule has 0 aliphatic heterocycles. The van der Waals surface area contributed by atoms with Crippen molar-refractivity contribution < 1.29 is 13.2 Å². The first kappa shape index (κ1) is 17.2. The SMILES string of the molecule is C=CCC(=O)N(C(C)/C=C\C)S(=O)(=O)c1ccc(C)cc1. The maximum absolute atomic E-state index is 12.7. The number of sulfonamides is 1. The van der Waals surface area contributed by atoms with Gasteiger partial charge in [-0.2, -0.15) is 0 Å². The Balaban J connectivity index is 3.32. The van der Waals surface area contributed by atoms with Gasteiger partial charge in [0.15, 0.2) is 0 Å². The van der Waals surface area contributed by atoms with Crippen LogP contribution in [0.25, 0.3) is 0 Å². The third-order valence-corrected chi connectivity index (χ3v) is 4.91. The number of amides is 1. The third kappa shape index (κ3) is 4.04. The molecule has 0 bridgehead atoms. The number of carbonyl (C=O) groups excluding carboxylic acids is 1. The van der Waals surface area contributed by atoms with Crippen LogP contribution in [-0.4, -0.2) is 24.7 Å². The van der Waals surface area contributed by atoms with E-state index < -0.39 is 22.0 Å². The number of hydrogen-bond acceptors (Lipinski definition) is 3. The molecule has 0 aromatic heterocycles. The van der Waals surface area contributed by atoms with E-state index in [0.717, 1.165) is 9.87 Å². The first-order valence-corrected chi connectivity index (χ1v) is 8.16. The summed E-state index contributed by atoms with van der Waals surface area (Å²) in [5, 5.41) is 0. The van der Waals surface area contributed by atoms with E-state index in [-0.39, 0.29) is 11.3 Å². The molecule has 0 N–H and O–H groups in total. The van der Waals surface area contributed by atoms with Crippen LogP contribution in [0.3, 0.4) is 0 Å². The first-order valence-electron chi connectivity index (χ1n) is 6.72. The Morgan fingerprint density at radius 1 is 1.33 bits per heavy atom. The molecule has 1 aromatic rings. The van der Waals surface area contributed by atoms with Crippen LogP contribution in [0.2, 0.25) is 0 Å². The average molecular weight is 307 g/mol. The Kier molecular flexibility index (Phi) is 5.90. The second-order valence-corrected chi connectivity index (χ2v) is 6.58. The number of hydrogen-bond donors (Lipinski definition) is 0. The summed E-state index contributed by atoms with van der Waals surface area (Å²) in [7, 11) is -3.88. The van der Waals surface area contributed by atoms with Gasteiger partial charge in [0.05, 0.1) is 10.9 Å². The predicted molar refractivity (Wildman–Crippen MR) is 84.3 cm³/mol. The van der Waals surface area contributed by atoms with Crippen molar-refractivity contribution in [1.29, 1.82) is 0 Å². The molecule has 1 atom stereocenters. The van der Waals surface area contributed by atoms with Gasteiger partial charge in [0.2, 0.25) is 5.91 Å². The summed E-state index contributed by atoms with van der Waals surface area (Å²) in [4.78, 5) is 12.3. The number of aryl methyl sites for hydroxylation is 1. The van der Waals surface area contributed by atoms with Crippen LogP contribution in [0.4, 0.5) is 0 Å². The molecule has 0 fully saturated rings. The molecular weight excluding hydrogens is 286 g/mol. The number of rotatable bonds is 6. The summed E-state index contributed by atoms with van der Waals surface area (Å²) in [6.07, 6.45) is 4.78. The maximum Gasteiger partial charge on any atom is 0.267 e. The fraction of sp³-hybridized carbons (Fsp3) is 0.312. The maximum atomic E-state index is 12.7. The quantitative estimate of drug-likeness (QED) is 0.759. The average Bonchev–Trinajstić information content (AvgIpc) is 2.39.